The summed E-state index contributed by atoms with van der Waals surface area (Å²) in [5, 5.41) is 2.04. The van der Waals surface area contributed by atoms with Gasteiger partial charge < -0.3 is 4.42 Å². The summed E-state index contributed by atoms with van der Waals surface area (Å²) in [5.41, 5.74) is 1.07. The molecule has 1 aromatic heterocycles. The third-order valence-electron chi connectivity index (χ3n) is 3.46. The lowest BCUT2D eigenvalue weighted by Crippen LogP contribution is -1.93. The van der Waals surface area contributed by atoms with E-state index in [9.17, 15) is 0 Å². The molecule has 1 heterocycles. The highest BCUT2D eigenvalue weighted by Gasteiger charge is 2.18. The summed E-state index contributed by atoms with van der Waals surface area (Å²) in [4.78, 5) is 0. The van der Waals surface area contributed by atoms with E-state index in [0.717, 1.165) is 38.7 Å². The summed E-state index contributed by atoms with van der Waals surface area (Å²) in [6.07, 6.45) is 0.880. The summed E-state index contributed by atoms with van der Waals surface area (Å²) in [6.45, 7) is 2.07. The molecule has 0 spiro atoms. The van der Waals surface area contributed by atoms with E-state index in [1.165, 1.54) is 0 Å². The van der Waals surface area contributed by atoms with Gasteiger partial charge in [0, 0.05) is 10.9 Å². The van der Waals surface area contributed by atoms with Crippen LogP contribution in [0.3, 0.4) is 0 Å². The molecule has 1 atom stereocenters. The summed E-state index contributed by atoms with van der Waals surface area (Å²) in [5.74, 6) is 1.77. The first kappa shape index (κ1) is 13.7. The lowest BCUT2D eigenvalue weighted by molar-refractivity contribution is 0.475. The zero-order chi connectivity index (χ0) is 14.1. The second-order valence-corrected chi connectivity index (χ2v) is 5.99. The van der Waals surface area contributed by atoms with Gasteiger partial charge in [0.05, 0.1) is 0 Å². The first-order valence-electron chi connectivity index (χ1n) is 6.60. The Balaban J connectivity index is 2.12. The fourth-order valence-corrected chi connectivity index (χ4v) is 3.17. The SMILES string of the molecule is CCc1ccc(C(Cl)c2ccc(Br)c3ccccc23)o1. The van der Waals surface area contributed by atoms with E-state index >= 15 is 0 Å². The quantitative estimate of drug-likeness (QED) is 0.522. The number of fused-ring (bicyclic) bond motifs is 1. The maximum atomic E-state index is 6.62. The highest BCUT2D eigenvalue weighted by molar-refractivity contribution is 9.10. The van der Waals surface area contributed by atoms with Crippen LogP contribution in [-0.2, 0) is 6.42 Å². The molecule has 2 aromatic carbocycles. The van der Waals surface area contributed by atoms with E-state index in [2.05, 4.69) is 41.1 Å². The molecule has 3 aromatic rings. The summed E-state index contributed by atoms with van der Waals surface area (Å²) >= 11 is 10.2. The molecular weight excluding hydrogens is 336 g/mol. The van der Waals surface area contributed by atoms with E-state index in [1.807, 2.05) is 30.3 Å². The van der Waals surface area contributed by atoms with Gasteiger partial charge in [0.2, 0.25) is 0 Å². The Labute approximate surface area is 131 Å². The molecule has 1 unspecified atom stereocenters. The molecule has 0 saturated heterocycles. The van der Waals surface area contributed by atoms with Crippen LogP contribution in [-0.4, -0.2) is 0 Å². The Morgan fingerprint density at radius 3 is 2.50 bits per heavy atom. The normalized spacial score (nSPS) is 12.8. The van der Waals surface area contributed by atoms with E-state index in [4.69, 9.17) is 16.0 Å². The van der Waals surface area contributed by atoms with Crippen molar-refractivity contribution in [2.75, 3.05) is 0 Å². The number of halogens is 2. The van der Waals surface area contributed by atoms with Crippen molar-refractivity contribution in [1.82, 2.24) is 0 Å². The van der Waals surface area contributed by atoms with Crippen LogP contribution in [0.5, 0.6) is 0 Å². The van der Waals surface area contributed by atoms with Crippen molar-refractivity contribution in [3.05, 3.63) is 70.1 Å². The fraction of sp³-hybridized carbons (Fsp3) is 0.176. The third kappa shape index (κ3) is 2.38. The van der Waals surface area contributed by atoms with Gasteiger partial charge in [-0.3, -0.25) is 0 Å². The molecule has 0 aliphatic rings. The average molecular weight is 350 g/mol. The number of alkyl halides is 1. The van der Waals surface area contributed by atoms with Crippen LogP contribution in [0.25, 0.3) is 10.8 Å². The van der Waals surface area contributed by atoms with Crippen molar-refractivity contribution >= 4 is 38.3 Å². The van der Waals surface area contributed by atoms with Crippen LogP contribution in [0.15, 0.2) is 57.4 Å². The van der Waals surface area contributed by atoms with Crippen LogP contribution in [0, 0.1) is 0 Å². The average Bonchev–Trinajstić information content (AvgIpc) is 2.96. The van der Waals surface area contributed by atoms with Gasteiger partial charge in [0.25, 0.3) is 0 Å². The molecule has 0 fully saturated rings. The molecule has 1 nitrogen and oxygen atoms in total. The Kier molecular flexibility index (Phi) is 3.86. The van der Waals surface area contributed by atoms with Gasteiger partial charge in [0.15, 0.2) is 0 Å². The van der Waals surface area contributed by atoms with E-state index < -0.39 is 0 Å². The minimum absolute atomic E-state index is 0.270. The number of hydrogen-bond donors (Lipinski definition) is 0. The molecule has 3 heteroatoms. The molecule has 102 valence electrons. The number of aryl methyl sites for hydroxylation is 1. The van der Waals surface area contributed by atoms with Crippen molar-refractivity contribution in [3.63, 3.8) is 0 Å². The van der Waals surface area contributed by atoms with Crippen molar-refractivity contribution in [2.45, 2.75) is 18.7 Å². The monoisotopic (exact) mass is 348 g/mol. The number of hydrogen-bond acceptors (Lipinski definition) is 1. The standard InChI is InChI=1S/C17H14BrClO/c1-2-11-7-10-16(20-11)17(19)14-8-9-15(18)13-6-4-3-5-12(13)14/h3-10,17H,2H2,1H3. The zero-order valence-corrected chi connectivity index (χ0v) is 13.4. The van der Waals surface area contributed by atoms with Crippen LogP contribution >= 0.6 is 27.5 Å². The first-order valence-corrected chi connectivity index (χ1v) is 7.83. The number of rotatable bonds is 3. The number of furan rings is 1. The smallest absolute Gasteiger partial charge is 0.126 e. The van der Waals surface area contributed by atoms with Gasteiger partial charge in [-0.25, -0.2) is 0 Å². The molecule has 3 rings (SSSR count). The summed E-state index contributed by atoms with van der Waals surface area (Å²) in [7, 11) is 0. The Hall–Kier alpha value is -1.25. The molecular formula is C17H14BrClO. The molecule has 0 aliphatic carbocycles. The van der Waals surface area contributed by atoms with Crippen LogP contribution < -0.4 is 0 Å². The van der Waals surface area contributed by atoms with Gasteiger partial charge >= 0.3 is 0 Å². The highest BCUT2D eigenvalue weighted by Crippen LogP contribution is 2.37. The predicted octanol–water partition coefficient (Wildman–Crippen LogP) is 6.09. The lowest BCUT2D eigenvalue weighted by Gasteiger charge is -2.12. The maximum Gasteiger partial charge on any atom is 0.126 e. The first-order chi connectivity index (χ1) is 9.70. The van der Waals surface area contributed by atoms with Gasteiger partial charge in [0.1, 0.15) is 16.9 Å². The van der Waals surface area contributed by atoms with E-state index in [-0.39, 0.29) is 5.38 Å². The third-order valence-corrected chi connectivity index (χ3v) is 4.60. The van der Waals surface area contributed by atoms with Crippen LogP contribution in [0.1, 0.15) is 29.4 Å². The van der Waals surface area contributed by atoms with Crippen molar-refractivity contribution in [3.8, 4) is 0 Å². The predicted molar refractivity (Wildman–Crippen MR) is 87.4 cm³/mol. The van der Waals surface area contributed by atoms with Gasteiger partial charge in [-0.2, -0.15) is 0 Å². The molecule has 0 saturated carbocycles. The Bertz CT molecular complexity index is 748. The minimum Gasteiger partial charge on any atom is -0.464 e. The van der Waals surface area contributed by atoms with E-state index in [1.54, 1.807) is 0 Å². The topological polar surface area (TPSA) is 13.1 Å². The maximum absolute atomic E-state index is 6.62. The van der Waals surface area contributed by atoms with Gasteiger partial charge in [-0.05, 0) is 34.5 Å². The van der Waals surface area contributed by atoms with E-state index in [0.29, 0.717) is 0 Å². The van der Waals surface area contributed by atoms with Crippen LogP contribution in [0.2, 0.25) is 0 Å². The zero-order valence-electron chi connectivity index (χ0n) is 11.1. The molecule has 0 bridgehead atoms. The van der Waals surface area contributed by atoms with Crippen molar-refractivity contribution in [2.24, 2.45) is 0 Å². The summed E-state index contributed by atoms with van der Waals surface area (Å²) < 4.78 is 6.86. The van der Waals surface area contributed by atoms with Gasteiger partial charge in [-0.15, -0.1) is 11.6 Å². The molecule has 20 heavy (non-hydrogen) atoms. The second kappa shape index (κ2) is 5.63. The fourth-order valence-electron chi connectivity index (χ4n) is 2.38. The largest absolute Gasteiger partial charge is 0.464 e. The second-order valence-electron chi connectivity index (χ2n) is 4.70. The minimum atomic E-state index is -0.270. The van der Waals surface area contributed by atoms with Crippen molar-refractivity contribution < 1.29 is 4.42 Å². The highest BCUT2D eigenvalue weighted by atomic mass is 79.9. The molecule has 0 radical (unpaired) electrons. The lowest BCUT2D eigenvalue weighted by atomic mass is 10.0. The van der Waals surface area contributed by atoms with Crippen molar-refractivity contribution in [1.29, 1.82) is 0 Å². The van der Waals surface area contributed by atoms with Gasteiger partial charge in [-0.1, -0.05) is 53.2 Å². The number of benzene rings is 2. The molecule has 0 aliphatic heterocycles. The molecule has 0 amide bonds. The summed E-state index contributed by atoms with van der Waals surface area (Å²) in [6, 6.07) is 16.3. The van der Waals surface area contributed by atoms with Crippen LogP contribution in [0.4, 0.5) is 0 Å². The Morgan fingerprint density at radius 2 is 1.80 bits per heavy atom. The molecule has 0 N–H and O–H groups in total. The Morgan fingerprint density at radius 1 is 1.05 bits per heavy atom.